The molecule has 0 spiro atoms. The first-order valence-electron chi connectivity index (χ1n) is 3.80. The molecule has 0 unspecified atom stereocenters. The summed E-state index contributed by atoms with van der Waals surface area (Å²) in [6.07, 6.45) is 8.19. The summed E-state index contributed by atoms with van der Waals surface area (Å²) in [5.41, 5.74) is 6.27. The summed E-state index contributed by atoms with van der Waals surface area (Å²) in [6, 6.07) is 1.77. The molecule has 0 aliphatic rings. The molecule has 0 saturated heterocycles. The van der Waals surface area contributed by atoms with Gasteiger partial charge in [0, 0.05) is 18.0 Å². The first kappa shape index (κ1) is 9.23. The molecule has 12 heavy (non-hydrogen) atoms. The first-order valence-corrected chi connectivity index (χ1v) is 4.18. The largest absolute Gasteiger partial charge is 0.330 e. The third-order valence-corrected chi connectivity index (χ3v) is 1.77. The van der Waals surface area contributed by atoms with E-state index in [1.165, 1.54) is 0 Å². The summed E-state index contributed by atoms with van der Waals surface area (Å²) in [6.45, 7) is 0.661. The van der Waals surface area contributed by atoms with E-state index in [-0.39, 0.29) is 0 Å². The Bertz CT molecular complexity index is 271. The van der Waals surface area contributed by atoms with Crippen molar-refractivity contribution in [2.45, 2.75) is 6.42 Å². The molecule has 1 rings (SSSR count). The molecule has 0 bridgehead atoms. The van der Waals surface area contributed by atoms with E-state index >= 15 is 0 Å². The second-order valence-electron chi connectivity index (χ2n) is 2.38. The maximum Gasteiger partial charge on any atom is 0.0509 e. The molecule has 0 atom stereocenters. The quantitative estimate of drug-likeness (QED) is 0.778. The maximum atomic E-state index is 5.88. The minimum absolute atomic E-state index is 0.661. The second kappa shape index (κ2) is 4.91. The lowest BCUT2D eigenvalue weighted by Crippen LogP contribution is -1.94. The third-order valence-electron chi connectivity index (χ3n) is 1.43. The van der Waals surface area contributed by atoms with Crippen molar-refractivity contribution < 1.29 is 0 Å². The standard InChI is InChI=1S/C9H11ClN2/c10-9-4-6-12-7-8(9)3-1-2-5-11/h1,3-4,6-7H,2,5,11H2. The van der Waals surface area contributed by atoms with E-state index in [0.29, 0.717) is 6.54 Å². The lowest BCUT2D eigenvalue weighted by Gasteiger charge is -1.94. The van der Waals surface area contributed by atoms with Crippen LogP contribution in [0.25, 0.3) is 6.08 Å². The lowest BCUT2D eigenvalue weighted by atomic mass is 10.2. The van der Waals surface area contributed by atoms with Crippen LogP contribution in [0.4, 0.5) is 0 Å². The topological polar surface area (TPSA) is 38.9 Å². The van der Waals surface area contributed by atoms with Crippen LogP contribution in [-0.2, 0) is 0 Å². The van der Waals surface area contributed by atoms with Gasteiger partial charge in [-0.05, 0) is 19.0 Å². The average molecular weight is 183 g/mol. The Morgan fingerprint density at radius 2 is 2.42 bits per heavy atom. The highest BCUT2D eigenvalue weighted by molar-refractivity contribution is 6.31. The van der Waals surface area contributed by atoms with Gasteiger partial charge in [0.05, 0.1) is 5.02 Å². The monoisotopic (exact) mass is 182 g/mol. The van der Waals surface area contributed by atoms with Crippen LogP contribution in [0.1, 0.15) is 12.0 Å². The van der Waals surface area contributed by atoms with Gasteiger partial charge in [-0.2, -0.15) is 0 Å². The highest BCUT2D eigenvalue weighted by Crippen LogP contribution is 2.14. The van der Waals surface area contributed by atoms with Gasteiger partial charge >= 0.3 is 0 Å². The molecule has 1 aromatic heterocycles. The summed E-state index contributed by atoms with van der Waals surface area (Å²) in [5, 5.41) is 0.721. The predicted octanol–water partition coefficient (Wildman–Crippen LogP) is 2.10. The zero-order valence-electron chi connectivity index (χ0n) is 6.70. The van der Waals surface area contributed by atoms with E-state index < -0.39 is 0 Å². The van der Waals surface area contributed by atoms with Crippen LogP contribution in [0, 0.1) is 0 Å². The number of aromatic nitrogens is 1. The molecule has 1 heterocycles. The molecule has 2 N–H and O–H groups in total. The average Bonchev–Trinajstić information content (AvgIpc) is 2.09. The molecular weight excluding hydrogens is 172 g/mol. The number of hydrogen-bond acceptors (Lipinski definition) is 2. The van der Waals surface area contributed by atoms with E-state index in [9.17, 15) is 0 Å². The molecular formula is C9H11ClN2. The Morgan fingerprint density at radius 1 is 1.58 bits per heavy atom. The van der Waals surface area contributed by atoms with E-state index in [1.807, 2.05) is 12.2 Å². The molecule has 64 valence electrons. The third kappa shape index (κ3) is 2.64. The molecule has 0 radical (unpaired) electrons. The van der Waals surface area contributed by atoms with Crippen LogP contribution >= 0.6 is 11.6 Å². The normalized spacial score (nSPS) is 10.8. The summed E-state index contributed by atoms with van der Waals surface area (Å²) >= 11 is 5.88. The molecule has 0 fully saturated rings. The number of rotatable bonds is 3. The van der Waals surface area contributed by atoms with Crippen molar-refractivity contribution in [1.29, 1.82) is 0 Å². The number of pyridine rings is 1. The SMILES string of the molecule is NCCC=Cc1cnccc1Cl. The van der Waals surface area contributed by atoms with E-state index in [4.69, 9.17) is 17.3 Å². The van der Waals surface area contributed by atoms with Crippen LogP contribution < -0.4 is 5.73 Å². The van der Waals surface area contributed by atoms with Gasteiger partial charge in [0.25, 0.3) is 0 Å². The number of hydrogen-bond donors (Lipinski definition) is 1. The van der Waals surface area contributed by atoms with Crippen molar-refractivity contribution in [1.82, 2.24) is 4.98 Å². The van der Waals surface area contributed by atoms with Gasteiger partial charge < -0.3 is 5.73 Å². The van der Waals surface area contributed by atoms with Crippen molar-refractivity contribution in [2.75, 3.05) is 6.54 Å². The van der Waals surface area contributed by atoms with Gasteiger partial charge in [0.1, 0.15) is 0 Å². The fourth-order valence-electron chi connectivity index (χ4n) is 0.819. The number of halogens is 1. The molecule has 0 aliphatic heterocycles. The molecule has 0 aromatic carbocycles. The van der Waals surface area contributed by atoms with Crippen molar-refractivity contribution in [3.63, 3.8) is 0 Å². The van der Waals surface area contributed by atoms with Crippen LogP contribution in [0.5, 0.6) is 0 Å². The van der Waals surface area contributed by atoms with Gasteiger partial charge in [-0.15, -0.1) is 0 Å². The first-order chi connectivity index (χ1) is 5.84. The Kier molecular flexibility index (Phi) is 3.77. The predicted molar refractivity (Wildman–Crippen MR) is 52.0 cm³/mol. The molecule has 0 saturated carbocycles. The molecule has 2 nitrogen and oxygen atoms in total. The van der Waals surface area contributed by atoms with Gasteiger partial charge in [0.15, 0.2) is 0 Å². The summed E-state index contributed by atoms with van der Waals surface area (Å²) < 4.78 is 0. The van der Waals surface area contributed by atoms with E-state index in [0.717, 1.165) is 17.0 Å². The Hall–Kier alpha value is -0.860. The highest BCUT2D eigenvalue weighted by atomic mass is 35.5. The molecule has 0 amide bonds. The van der Waals surface area contributed by atoms with Crippen molar-refractivity contribution in [2.24, 2.45) is 5.73 Å². The fraction of sp³-hybridized carbons (Fsp3) is 0.222. The summed E-state index contributed by atoms with van der Waals surface area (Å²) in [5.74, 6) is 0. The van der Waals surface area contributed by atoms with Crippen LogP contribution in [-0.4, -0.2) is 11.5 Å². The van der Waals surface area contributed by atoms with Crippen LogP contribution in [0.3, 0.4) is 0 Å². The second-order valence-corrected chi connectivity index (χ2v) is 2.78. The zero-order valence-corrected chi connectivity index (χ0v) is 7.46. The van der Waals surface area contributed by atoms with Gasteiger partial charge in [-0.1, -0.05) is 23.8 Å². The Balaban J connectivity index is 2.68. The lowest BCUT2D eigenvalue weighted by molar-refractivity contribution is 1.01. The zero-order chi connectivity index (χ0) is 8.81. The fourth-order valence-corrected chi connectivity index (χ4v) is 0.987. The number of nitrogens with two attached hydrogens (primary N) is 1. The van der Waals surface area contributed by atoms with Crippen molar-refractivity contribution in [3.8, 4) is 0 Å². The maximum absolute atomic E-state index is 5.88. The highest BCUT2D eigenvalue weighted by Gasteiger charge is 1.92. The Morgan fingerprint density at radius 3 is 3.08 bits per heavy atom. The summed E-state index contributed by atoms with van der Waals surface area (Å²) in [7, 11) is 0. The van der Waals surface area contributed by atoms with Crippen molar-refractivity contribution in [3.05, 3.63) is 35.1 Å². The number of nitrogens with zero attached hydrogens (tertiary/aromatic N) is 1. The molecule has 1 aromatic rings. The Labute approximate surface area is 77.1 Å². The van der Waals surface area contributed by atoms with Gasteiger partial charge in [-0.3, -0.25) is 4.98 Å². The van der Waals surface area contributed by atoms with E-state index in [2.05, 4.69) is 4.98 Å². The van der Waals surface area contributed by atoms with Crippen molar-refractivity contribution >= 4 is 17.7 Å². The smallest absolute Gasteiger partial charge is 0.0509 e. The van der Waals surface area contributed by atoms with E-state index in [1.54, 1.807) is 18.5 Å². The molecule has 3 heteroatoms. The summed E-state index contributed by atoms with van der Waals surface area (Å²) in [4.78, 5) is 3.96. The van der Waals surface area contributed by atoms with Gasteiger partial charge in [-0.25, -0.2) is 0 Å². The van der Waals surface area contributed by atoms with Crippen LogP contribution in [0.2, 0.25) is 5.02 Å². The van der Waals surface area contributed by atoms with Crippen LogP contribution in [0.15, 0.2) is 24.5 Å². The minimum Gasteiger partial charge on any atom is -0.330 e. The minimum atomic E-state index is 0.661. The van der Waals surface area contributed by atoms with Gasteiger partial charge in [0.2, 0.25) is 0 Å². The molecule has 0 aliphatic carbocycles.